The van der Waals surface area contributed by atoms with Crippen LogP contribution in [0, 0.1) is 5.82 Å². The molecule has 6 heteroatoms. The predicted molar refractivity (Wildman–Crippen MR) is 59.3 cm³/mol. The molecule has 0 spiro atoms. The average molecular weight is 235 g/mol. The van der Waals surface area contributed by atoms with E-state index < -0.39 is 11.8 Å². The number of carbonyl (C=O) groups excluding carboxylic acids is 1. The average Bonchev–Trinajstić information content (AvgIpc) is 2.70. The summed E-state index contributed by atoms with van der Waals surface area (Å²) in [6.45, 7) is 0. The quantitative estimate of drug-likeness (QED) is 0.798. The monoisotopic (exact) mass is 235 g/mol. The van der Waals surface area contributed by atoms with Gasteiger partial charge >= 0.3 is 5.97 Å². The van der Waals surface area contributed by atoms with Gasteiger partial charge in [0.25, 0.3) is 0 Å². The van der Waals surface area contributed by atoms with E-state index in [1.54, 1.807) is 12.1 Å². The smallest absolute Gasteiger partial charge is 0.360 e. The number of ether oxygens (including phenoxy) is 1. The van der Waals surface area contributed by atoms with E-state index in [0.29, 0.717) is 5.69 Å². The maximum absolute atomic E-state index is 13.0. The topological polar surface area (TPSA) is 70.1 Å². The third kappa shape index (κ3) is 1.96. The van der Waals surface area contributed by atoms with E-state index in [9.17, 15) is 9.18 Å². The molecule has 0 unspecified atom stereocenters. The molecule has 1 aromatic heterocycles. The Balaban J connectivity index is 2.48. The molecule has 0 fully saturated rings. The Bertz CT molecular complexity index is 566. The van der Waals surface area contributed by atoms with E-state index in [2.05, 4.69) is 9.72 Å². The van der Waals surface area contributed by atoms with Crippen molar-refractivity contribution in [2.24, 2.45) is 0 Å². The van der Waals surface area contributed by atoms with Crippen LogP contribution >= 0.6 is 0 Å². The maximum atomic E-state index is 13.0. The molecule has 0 saturated heterocycles. The fourth-order valence-electron chi connectivity index (χ4n) is 1.44. The molecule has 2 rings (SSSR count). The van der Waals surface area contributed by atoms with Crippen LogP contribution in [0.3, 0.4) is 0 Å². The molecule has 2 aromatic rings. The number of hydrogen-bond acceptors (Lipinski definition) is 4. The lowest BCUT2D eigenvalue weighted by Crippen LogP contribution is -2.07. The summed E-state index contributed by atoms with van der Waals surface area (Å²) in [6, 6.07) is 5.81. The number of nitrogen functional groups attached to an aromatic ring is 1. The van der Waals surface area contributed by atoms with Crippen LogP contribution in [0.2, 0.25) is 0 Å². The van der Waals surface area contributed by atoms with Crippen LogP contribution in [0.15, 0.2) is 30.6 Å². The number of hydrogen-bond donors (Lipinski definition) is 1. The Morgan fingerprint density at radius 3 is 2.94 bits per heavy atom. The lowest BCUT2D eigenvalue weighted by molar-refractivity contribution is 0.0596. The highest BCUT2D eigenvalue weighted by Gasteiger charge is 2.16. The molecule has 1 heterocycles. The number of benzene rings is 1. The minimum Gasteiger partial charge on any atom is -0.464 e. The van der Waals surface area contributed by atoms with Crippen molar-refractivity contribution in [1.82, 2.24) is 9.55 Å². The van der Waals surface area contributed by atoms with Gasteiger partial charge in [0.15, 0.2) is 5.69 Å². The fourth-order valence-corrected chi connectivity index (χ4v) is 1.44. The Kier molecular flexibility index (Phi) is 2.78. The molecule has 0 amide bonds. The molecule has 0 aliphatic carbocycles. The van der Waals surface area contributed by atoms with Crippen LogP contribution in [0.4, 0.5) is 10.2 Å². The van der Waals surface area contributed by atoms with Gasteiger partial charge < -0.3 is 10.5 Å². The zero-order chi connectivity index (χ0) is 12.4. The minimum atomic E-state index is -0.627. The second-order valence-corrected chi connectivity index (χ2v) is 3.32. The van der Waals surface area contributed by atoms with E-state index in [4.69, 9.17) is 5.73 Å². The highest BCUT2D eigenvalue weighted by Crippen LogP contribution is 2.18. The summed E-state index contributed by atoms with van der Waals surface area (Å²) in [7, 11) is 1.24. The van der Waals surface area contributed by atoms with Crippen molar-refractivity contribution >= 4 is 11.8 Å². The SMILES string of the molecule is COC(=O)c1ncn(-c2cccc(F)c2)c1N. The van der Waals surface area contributed by atoms with Crippen molar-refractivity contribution in [3.8, 4) is 5.69 Å². The van der Waals surface area contributed by atoms with E-state index in [0.717, 1.165) is 0 Å². The van der Waals surface area contributed by atoms with Crippen molar-refractivity contribution in [1.29, 1.82) is 0 Å². The molecule has 2 N–H and O–H groups in total. The van der Waals surface area contributed by atoms with Gasteiger partial charge in [0.1, 0.15) is 18.0 Å². The molecular weight excluding hydrogens is 225 g/mol. The van der Waals surface area contributed by atoms with Crippen molar-refractivity contribution in [3.63, 3.8) is 0 Å². The number of carbonyl (C=O) groups is 1. The van der Waals surface area contributed by atoms with Crippen LogP contribution < -0.4 is 5.73 Å². The summed E-state index contributed by atoms with van der Waals surface area (Å²) >= 11 is 0. The van der Waals surface area contributed by atoms with Gasteiger partial charge in [-0.2, -0.15) is 0 Å². The molecule has 0 atom stereocenters. The number of halogens is 1. The van der Waals surface area contributed by atoms with Crippen LogP contribution in [-0.4, -0.2) is 22.6 Å². The zero-order valence-electron chi connectivity index (χ0n) is 9.05. The highest BCUT2D eigenvalue weighted by atomic mass is 19.1. The third-order valence-electron chi connectivity index (χ3n) is 2.27. The van der Waals surface area contributed by atoms with E-state index >= 15 is 0 Å². The fraction of sp³-hybridized carbons (Fsp3) is 0.0909. The van der Waals surface area contributed by atoms with Gasteiger partial charge in [0.05, 0.1) is 12.8 Å². The molecule has 1 aromatic carbocycles. The maximum Gasteiger partial charge on any atom is 0.360 e. The Hall–Kier alpha value is -2.37. The number of esters is 1. The van der Waals surface area contributed by atoms with Gasteiger partial charge in [-0.1, -0.05) is 6.07 Å². The van der Waals surface area contributed by atoms with Crippen LogP contribution in [0.5, 0.6) is 0 Å². The number of nitrogens with zero attached hydrogens (tertiary/aromatic N) is 2. The molecule has 5 nitrogen and oxygen atoms in total. The standard InChI is InChI=1S/C11H10FN3O2/c1-17-11(16)9-10(13)15(6-14-9)8-4-2-3-7(12)5-8/h2-6H,13H2,1H3. The molecule has 0 radical (unpaired) electrons. The first kappa shape index (κ1) is 11.1. The molecule has 0 bridgehead atoms. The number of rotatable bonds is 2. The zero-order valence-corrected chi connectivity index (χ0v) is 9.05. The first-order valence-electron chi connectivity index (χ1n) is 4.80. The Labute approximate surface area is 96.6 Å². The van der Waals surface area contributed by atoms with Crippen LogP contribution in [0.1, 0.15) is 10.5 Å². The van der Waals surface area contributed by atoms with Crippen molar-refractivity contribution in [2.75, 3.05) is 12.8 Å². The summed E-state index contributed by atoms with van der Waals surface area (Å²) in [6.07, 6.45) is 1.34. The lowest BCUT2D eigenvalue weighted by atomic mass is 10.3. The van der Waals surface area contributed by atoms with Crippen molar-refractivity contribution < 1.29 is 13.9 Å². The van der Waals surface area contributed by atoms with E-state index in [1.807, 2.05) is 0 Å². The second kappa shape index (κ2) is 4.25. The predicted octanol–water partition coefficient (Wildman–Crippen LogP) is 1.38. The largest absolute Gasteiger partial charge is 0.464 e. The normalized spacial score (nSPS) is 10.2. The van der Waals surface area contributed by atoms with Gasteiger partial charge in [-0.15, -0.1) is 0 Å². The molecule has 17 heavy (non-hydrogen) atoms. The third-order valence-corrected chi connectivity index (χ3v) is 2.27. The lowest BCUT2D eigenvalue weighted by Gasteiger charge is -2.05. The number of imidazole rings is 1. The molecule has 0 saturated carbocycles. The minimum absolute atomic E-state index is 0.0109. The summed E-state index contributed by atoms with van der Waals surface area (Å²) in [5.41, 5.74) is 6.24. The van der Waals surface area contributed by atoms with Gasteiger partial charge in [-0.3, -0.25) is 4.57 Å². The first-order chi connectivity index (χ1) is 8.13. The summed E-state index contributed by atoms with van der Waals surface area (Å²) in [5.74, 6) is -0.907. The molecule has 0 aliphatic heterocycles. The molecule has 88 valence electrons. The van der Waals surface area contributed by atoms with Gasteiger partial charge in [-0.25, -0.2) is 14.2 Å². The molecular formula is C11H10FN3O2. The van der Waals surface area contributed by atoms with Crippen molar-refractivity contribution in [2.45, 2.75) is 0 Å². The Morgan fingerprint density at radius 1 is 1.53 bits per heavy atom. The molecule has 0 aliphatic rings. The Morgan fingerprint density at radius 2 is 2.29 bits per heavy atom. The second-order valence-electron chi connectivity index (χ2n) is 3.32. The van der Waals surface area contributed by atoms with Gasteiger partial charge in [0.2, 0.25) is 0 Å². The number of anilines is 1. The van der Waals surface area contributed by atoms with Crippen molar-refractivity contribution in [3.05, 3.63) is 42.1 Å². The van der Waals surface area contributed by atoms with Crippen LogP contribution in [0.25, 0.3) is 5.69 Å². The summed E-state index contributed by atoms with van der Waals surface area (Å²) in [5, 5.41) is 0. The van der Waals surface area contributed by atoms with Crippen LogP contribution in [-0.2, 0) is 4.74 Å². The first-order valence-corrected chi connectivity index (χ1v) is 4.80. The number of methoxy groups -OCH3 is 1. The van der Waals surface area contributed by atoms with Gasteiger partial charge in [0, 0.05) is 0 Å². The number of aromatic nitrogens is 2. The summed E-state index contributed by atoms with van der Waals surface area (Å²) < 4.78 is 19.0. The number of nitrogens with two attached hydrogens (primary N) is 1. The highest BCUT2D eigenvalue weighted by molar-refractivity contribution is 5.92. The van der Waals surface area contributed by atoms with E-state index in [-0.39, 0.29) is 11.5 Å². The summed E-state index contributed by atoms with van der Waals surface area (Å²) in [4.78, 5) is 15.1. The van der Waals surface area contributed by atoms with Gasteiger partial charge in [-0.05, 0) is 18.2 Å². The van der Waals surface area contributed by atoms with E-state index in [1.165, 1.54) is 30.1 Å².